The first-order chi connectivity index (χ1) is 16.2. The fourth-order valence-corrected chi connectivity index (χ4v) is 4.38. The van der Waals surface area contributed by atoms with Crippen molar-refractivity contribution in [3.8, 4) is 17.0 Å². The van der Waals surface area contributed by atoms with Crippen LogP contribution in [0.3, 0.4) is 0 Å². The predicted molar refractivity (Wildman–Crippen MR) is 132 cm³/mol. The Labute approximate surface area is 198 Å². The fraction of sp³-hybridized carbons (Fsp3) is 0.296. The number of carbonyl (C=O) groups excluding carboxylic acids is 2. The minimum absolute atomic E-state index is 0.107. The lowest BCUT2D eigenvalue weighted by Crippen LogP contribution is -2.42. The van der Waals surface area contributed by atoms with Gasteiger partial charge in [-0.15, -0.1) is 0 Å². The first kappa shape index (κ1) is 21.9. The zero-order chi connectivity index (χ0) is 24.0. The molecule has 7 heteroatoms. The maximum Gasteiger partial charge on any atom is 0.415 e. The topological polar surface area (TPSA) is 80.8 Å². The van der Waals surface area contributed by atoms with Crippen molar-refractivity contribution in [3.63, 3.8) is 0 Å². The van der Waals surface area contributed by atoms with Crippen LogP contribution < -0.4 is 15.0 Å². The molecule has 7 nitrogen and oxygen atoms in total. The summed E-state index contributed by atoms with van der Waals surface area (Å²) in [5.74, 6) is 0.308. The number of benzene rings is 1. The summed E-state index contributed by atoms with van der Waals surface area (Å²) in [6, 6.07) is 5.86. The van der Waals surface area contributed by atoms with Gasteiger partial charge in [-0.3, -0.25) is 9.69 Å². The van der Waals surface area contributed by atoms with Gasteiger partial charge in [-0.1, -0.05) is 24.3 Å². The number of fused-ring (bicyclic) bond motifs is 2. The van der Waals surface area contributed by atoms with E-state index in [1.807, 2.05) is 64.1 Å². The van der Waals surface area contributed by atoms with Crippen LogP contribution in [-0.4, -0.2) is 35.7 Å². The average molecular weight is 458 g/mol. The molecule has 1 aromatic heterocycles. The van der Waals surface area contributed by atoms with Gasteiger partial charge in [-0.25, -0.2) is 9.78 Å². The third kappa shape index (κ3) is 3.98. The molecule has 2 aliphatic heterocycles. The van der Waals surface area contributed by atoms with Gasteiger partial charge >= 0.3 is 6.09 Å². The smallest absolute Gasteiger partial charge is 0.415 e. The minimum Gasteiger partial charge on any atom is -0.474 e. The Bertz CT molecular complexity index is 1300. The molecular formula is C27H27N3O4. The van der Waals surface area contributed by atoms with E-state index in [1.54, 1.807) is 11.1 Å². The summed E-state index contributed by atoms with van der Waals surface area (Å²) in [4.78, 5) is 31.7. The number of pyridine rings is 1. The first-order valence-electron chi connectivity index (χ1n) is 11.4. The van der Waals surface area contributed by atoms with E-state index >= 15 is 0 Å². The quantitative estimate of drug-likeness (QED) is 0.610. The van der Waals surface area contributed by atoms with Crippen LogP contribution in [0.25, 0.3) is 16.7 Å². The van der Waals surface area contributed by atoms with E-state index in [0.29, 0.717) is 30.3 Å². The molecule has 2 amide bonds. The van der Waals surface area contributed by atoms with Crippen molar-refractivity contribution < 1.29 is 19.1 Å². The normalized spacial score (nSPS) is 17.8. The second-order valence-electron chi connectivity index (χ2n) is 9.58. The lowest BCUT2D eigenvalue weighted by Gasteiger charge is -2.32. The van der Waals surface area contributed by atoms with Gasteiger partial charge in [-0.2, -0.15) is 0 Å². The Morgan fingerprint density at radius 2 is 2.09 bits per heavy atom. The Morgan fingerprint density at radius 3 is 2.82 bits per heavy atom. The highest BCUT2D eigenvalue weighted by molar-refractivity contribution is 6.32. The third-order valence-corrected chi connectivity index (χ3v) is 5.95. The number of hydrogen-bond acceptors (Lipinski definition) is 5. The Balaban J connectivity index is 1.55. The van der Waals surface area contributed by atoms with Gasteiger partial charge in [0.2, 0.25) is 5.88 Å². The summed E-state index contributed by atoms with van der Waals surface area (Å²) in [5, 5.41) is 2.95. The van der Waals surface area contributed by atoms with Crippen molar-refractivity contribution in [2.24, 2.45) is 0 Å². The van der Waals surface area contributed by atoms with E-state index in [-0.39, 0.29) is 5.91 Å². The predicted octanol–water partition coefficient (Wildman–Crippen LogP) is 5.41. The number of rotatable bonds is 2. The van der Waals surface area contributed by atoms with E-state index in [9.17, 15) is 9.59 Å². The maximum absolute atomic E-state index is 12.9. The standard InChI is InChI=1S/C27H27N3O4/c1-16-21(15-28-25-23(16)30(11-12-33-25)26(32)34-27(2,3)4)18-9-10-22-19(14-18)20(24(31)29-22)13-17-7-5-6-8-17/h5-7,9-10,13-15H,8,11-12H2,1-4H3,(H,29,31)/b20-13-. The van der Waals surface area contributed by atoms with Crippen LogP contribution in [0.1, 0.15) is 38.3 Å². The van der Waals surface area contributed by atoms with Gasteiger partial charge in [0.25, 0.3) is 5.91 Å². The van der Waals surface area contributed by atoms with Crippen molar-refractivity contribution in [2.75, 3.05) is 23.4 Å². The number of nitrogens with zero attached hydrogens (tertiary/aromatic N) is 2. The van der Waals surface area contributed by atoms with Gasteiger partial charge < -0.3 is 14.8 Å². The van der Waals surface area contributed by atoms with Crippen LogP contribution in [-0.2, 0) is 9.53 Å². The van der Waals surface area contributed by atoms with E-state index in [2.05, 4.69) is 16.4 Å². The molecule has 0 saturated heterocycles. The van der Waals surface area contributed by atoms with Crippen molar-refractivity contribution in [2.45, 2.75) is 39.7 Å². The monoisotopic (exact) mass is 457 g/mol. The van der Waals surface area contributed by atoms with E-state index < -0.39 is 11.7 Å². The zero-order valence-electron chi connectivity index (χ0n) is 19.8. The highest BCUT2D eigenvalue weighted by Gasteiger charge is 2.32. The van der Waals surface area contributed by atoms with Gasteiger partial charge in [0, 0.05) is 28.6 Å². The lowest BCUT2D eigenvalue weighted by molar-refractivity contribution is -0.110. The molecule has 0 radical (unpaired) electrons. The molecular weight excluding hydrogens is 430 g/mol. The molecule has 5 rings (SSSR count). The highest BCUT2D eigenvalue weighted by Crippen LogP contribution is 2.41. The van der Waals surface area contributed by atoms with Gasteiger partial charge in [0.05, 0.1) is 6.54 Å². The largest absolute Gasteiger partial charge is 0.474 e. The van der Waals surface area contributed by atoms with Gasteiger partial charge in [0.1, 0.15) is 17.9 Å². The number of carbonyl (C=O) groups is 2. The van der Waals surface area contributed by atoms with Crippen molar-refractivity contribution in [3.05, 3.63) is 65.4 Å². The fourth-order valence-electron chi connectivity index (χ4n) is 4.38. The molecule has 0 atom stereocenters. The number of anilines is 2. The van der Waals surface area contributed by atoms with Crippen LogP contribution in [0.5, 0.6) is 5.88 Å². The lowest BCUT2D eigenvalue weighted by atomic mass is 9.96. The molecule has 0 spiro atoms. The number of nitrogens with one attached hydrogen (secondary N) is 1. The molecule has 0 bridgehead atoms. The van der Waals surface area contributed by atoms with Crippen LogP contribution >= 0.6 is 0 Å². The molecule has 1 aromatic carbocycles. The summed E-state index contributed by atoms with van der Waals surface area (Å²) >= 11 is 0. The summed E-state index contributed by atoms with van der Waals surface area (Å²) in [5.41, 5.74) is 6.02. The number of amides is 2. The number of allylic oxidation sites excluding steroid dienone is 5. The summed E-state index contributed by atoms with van der Waals surface area (Å²) in [6.07, 6.45) is 10.2. The molecule has 3 aliphatic rings. The number of hydrogen-bond donors (Lipinski definition) is 1. The zero-order valence-corrected chi connectivity index (χ0v) is 19.8. The minimum atomic E-state index is -0.610. The van der Waals surface area contributed by atoms with E-state index in [0.717, 1.165) is 39.9 Å². The summed E-state index contributed by atoms with van der Waals surface area (Å²) in [6.45, 7) is 8.21. The van der Waals surface area contributed by atoms with Crippen molar-refractivity contribution in [1.82, 2.24) is 4.98 Å². The molecule has 1 aliphatic carbocycles. The molecule has 2 aromatic rings. The van der Waals surface area contributed by atoms with E-state index in [4.69, 9.17) is 9.47 Å². The number of aromatic nitrogens is 1. The third-order valence-electron chi connectivity index (χ3n) is 5.95. The molecule has 34 heavy (non-hydrogen) atoms. The molecule has 0 unspecified atom stereocenters. The molecule has 0 saturated carbocycles. The van der Waals surface area contributed by atoms with Gasteiger partial charge in [0.15, 0.2) is 0 Å². The highest BCUT2D eigenvalue weighted by atomic mass is 16.6. The van der Waals surface area contributed by atoms with Crippen molar-refractivity contribution >= 4 is 28.9 Å². The Kier molecular flexibility index (Phi) is 5.27. The number of ether oxygens (including phenoxy) is 2. The average Bonchev–Trinajstić information content (AvgIpc) is 3.40. The van der Waals surface area contributed by atoms with Crippen LogP contribution in [0, 0.1) is 6.92 Å². The molecule has 3 heterocycles. The summed E-state index contributed by atoms with van der Waals surface area (Å²) < 4.78 is 11.4. The van der Waals surface area contributed by atoms with Gasteiger partial charge in [-0.05, 0) is 69.0 Å². The Hall–Kier alpha value is -3.87. The molecule has 174 valence electrons. The summed E-state index contributed by atoms with van der Waals surface area (Å²) in [7, 11) is 0. The van der Waals surface area contributed by atoms with E-state index in [1.165, 1.54) is 0 Å². The van der Waals surface area contributed by atoms with Crippen LogP contribution in [0.4, 0.5) is 16.2 Å². The maximum atomic E-state index is 12.9. The first-order valence-corrected chi connectivity index (χ1v) is 11.4. The second-order valence-corrected chi connectivity index (χ2v) is 9.58. The Morgan fingerprint density at radius 1 is 1.26 bits per heavy atom. The van der Waals surface area contributed by atoms with Crippen LogP contribution in [0.15, 0.2) is 54.3 Å². The molecule has 0 fully saturated rings. The SMILES string of the molecule is Cc1c(-c2ccc3c(c2)/C(=C/C2=CC=CC2)C(=O)N3)cnc2c1N(C(=O)OC(C)(C)C)CCO2. The van der Waals surface area contributed by atoms with Crippen LogP contribution in [0.2, 0.25) is 0 Å². The van der Waals surface area contributed by atoms with Crippen molar-refractivity contribution in [1.29, 1.82) is 0 Å². The second kappa shape index (κ2) is 8.17. The molecule has 1 N–H and O–H groups in total.